The van der Waals surface area contributed by atoms with Crippen LogP contribution in [0, 0.1) is 0 Å². The molecule has 30 heavy (non-hydrogen) atoms. The summed E-state index contributed by atoms with van der Waals surface area (Å²) in [5, 5.41) is 2.82. The van der Waals surface area contributed by atoms with E-state index in [-0.39, 0.29) is 0 Å². The molecular weight excluding hydrogens is 380 g/mol. The molecule has 0 unspecified atom stereocenters. The number of carbonyl (C=O) groups is 3. The van der Waals surface area contributed by atoms with Gasteiger partial charge in [0.25, 0.3) is 11.8 Å². The van der Waals surface area contributed by atoms with Gasteiger partial charge in [0.2, 0.25) is 5.91 Å². The molecule has 0 radical (unpaired) electrons. The number of nitrogens with one attached hydrogen (secondary N) is 1. The number of nitrogens with zero attached hydrogens (tertiary/aromatic N) is 1. The van der Waals surface area contributed by atoms with Crippen molar-refractivity contribution in [3.63, 3.8) is 0 Å². The largest absolute Gasteiger partial charge is 0.343 e. The lowest BCUT2D eigenvalue weighted by molar-refractivity contribution is -0.154. The number of imide groups is 1. The van der Waals surface area contributed by atoms with E-state index in [2.05, 4.69) is 5.32 Å². The monoisotopic (exact) mass is 398 g/mol. The molecule has 3 aromatic rings. The average molecular weight is 398 g/mol. The molecule has 0 bridgehead atoms. The van der Waals surface area contributed by atoms with Gasteiger partial charge in [0.05, 0.1) is 11.1 Å². The Morgan fingerprint density at radius 2 is 1.17 bits per heavy atom. The van der Waals surface area contributed by atoms with E-state index < -0.39 is 36.1 Å². The van der Waals surface area contributed by atoms with Crippen LogP contribution in [-0.4, -0.2) is 28.7 Å². The van der Waals surface area contributed by atoms with Crippen LogP contribution in [0.2, 0.25) is 0 Å². The maximum Gasteiger partial charge on any atom is 0.262 e. The van der Waals surface area contributed by atoms with Gasteiger partial charge >= 0.3 is 0 Å². The fourth-order valence-electron chi connectivity index (χ4n) is 4.01. The van der Waals surface area contributed by atoms with E-state index in [4.69, 9.17) is 4.74 Å². The molecule has 0 aliphatic carbocycles. The van der Waals surface area contributed by atoms with Crippen molar-refractivity contribution in [2.75, 3.05) is 0 Å². The summed E-state index contributed by atoms with van der Waals surface area (Å²) in [4.78, 5) is 40.4. The van der Waals surface area contributed by atoms with Gasteiger partial charge in [0.1, 0.15) is 12.1 Å². The highest BCUT2D eigenvalue weighted by molar-refractivity contribution is 6.23. The van der Waals surface area contributed by atoms with E-state index in [9.17, 15) is 14.4 Å². The lowest BCUT2D eigenvalue weighted by Gasteiger charge is -2.40. The molecule has 2 aliphatic rings. The molecule has 2 heterocycles. The first kappa shape index (κ1) is 18.3. The smallest absolute Gasteiger partial charge is 0.262 e. The van der Waals surface area contributed by atoms with Gasteiger partial charge in [-0.15, -0.1) is 0 Å². The van der Waals surface area contributed by atoms with Crippen LogP contribution in [0.3, 0.4) is 0 Å². The molecule has 2 aliphatic heterocycles. The Kier molecular flexibility index (Phi) is 4.41. The van der Waals surface area contributed by atoms with Gasteiger partial charge in [-0.3, -0.25) is 19.3 Å². The fourth-order valence-corrected chi connectivity index (χ4v) is 4.01. The molecule has 3 amide bonds. The Bertz CT molecular complexity index is 1100. The second-order valence-corrected chi connectivity index (χ2v) is 7.24. The highest BCUT2D eigenvalue weighted by Gasteiger charge is 2.50. The number of hydrogen-bond acceptors (Lipinski definition) is 4. The first-order valence-electron chi connectivity index (χ1n) is 9.68. The molecule has 5 rings (SSSR count). The molecule has 6 heteroatoms. The van der Waals surface area contributed by atoms with Crippen LogP contribution in [0.15, 0.2) is 84.9 Å². The van der Waals surface area contributed by atoms with Crippen LogP contribution >= 0.6 is 0 Å². The molecule has 0 aromatic heterocycles. The van der Waals surface area contributed by atoms with Gasteiger partial charge in [-0.05, 0) is 17.7 Å². The van der Waals surface area contributed by atoms with Crippen LogP contribution in [0.4, 0.5) is 0 Å². The zero-order valence-electron chi connectivity index (χ0n) is 15.9. The van der Waals surface area contributed by atoms with E-state index in [1.54, 1.807) is 24.3 Å². The predicted molar refractivity (Wildman–Crippen MR) is 108 cm³/mol. The molecule has 1 fully saturated rings. The number of rotatable bonds is 3. The van der Waals surface area contributed by atoms with E-state index in [0.717, 1.165) is 16.0 Å². The van der Waals surface area contributed by atoms with Crippen LogP contribution in [0.25, 0.3) is 0 Å². The van der Waals surface area contributed by atoms with Crippen molar-refractivity contribution in [1.29, 1.82) is 0 Å². The molecule has 3 atom stereocenters. The van der Waals surface area contributed by atoms with Crippen molar-refractivity contribution < 1.29 is 19.1 Å². The summed E-state index contributed by atoms with van der Waals surface area (Å²) in [5.74, 6) is -1.41. The van der Waals surface area contributed by atoms with Crippen molar-refractivity contribution in [1.82, 2.24) is 10.2 Å². The Balaban J connectivity index is 1.56. The third kappa shape index (κ3) is 2.89. The minimum Gasteiger partial charge on any atom is -0.343 e. The number of hydrogen-bond donors (Lipinski definition) is 1. The molecule has 1 N–H and O–H groups in total. The number of amides is 3. The molecule has 1 saturated heterocycles. The SMILES string of the molecule is O=C1N[C@H](c2ccccc2)O[C@@H](c2ccccc2)[C@H]1N1C(=O)c2ccccc2C1=O. The van der Waals surface area contributed by atoms with Crippen LogP contribution in [-0.2, 0) is 9.53 Å². The summed E-state index contributed by atoms with van der Waals surface area (Å²) in [5.41, 5.74) is 2.10. The summed E-state index contributed by atoms with van der Waals surface area (Å²) < 4.78 is 6.27. The Hall–Kier alpha value is -3.77. The molecule has 3 aromatic carbocycles. The van der Waals surface area contributed by atoms with Crippen molar-refractivity contribution in [2.24, 2.45) is 0 Å². The molecule has 0 saturated carbocycles. The second-order valence-electron chi connectivity index (χ2n) is 7.24. The molecule has 6 nitrogen and oxygen atoms in total. The maximum atomic E-state index is 13.3. The first-order valence-corrected chi connectivity index (χ1v) is 9.68. The van der Waals surface area contributed by atoms with Crippen molar-refractivity contribution >= 4 is 17.7 Å². The topological polar surface area (TPSA) is 75.7 Å². The van der Waals surface area contributed by atoms with Gasteiger partial charge in [-0.1, -0.05) is 72.8 Å². The quantitative estimate of drug-likeness (QED) is 0.688. The molecule has 148 valence electrons. The fraction of sp³-hybridized carbons (Fsp3) is 0.125. The molecule has 0 spiro atoms. The Labute approximate surface area is 173 Å². The van der Waals surface area contributed by atoms with Crippen molar-refractivity contribution in [3.05, 3.63) is 107 Å². The summed E-state index contributed by atoms with van der Waals surface area (Å²) >= 11 is 0. The van der Waals surface area contributed by atoms with Gasteiger partial charge in [0, 0.05) is 5.56 Å². The Morgan fingerprint density at radius 3 is 1.73 bits per heavy atom. The summed E-state index contributed by atoms with van der Waals surface area (Å²) in [6.45, 7) is 0. The normalized spacial score (nSPS) is 23.3. The average Bonchev–Trinajstić information content (AvgIpc) is 3.05. The van der Waals surface area contributed by atoms with E-state index >= 15 is 0 Å². The summed E-state index contributed by atoms with van der Waals surface area (Å²) in [6.07, 6.45) is -1.48. The molecular formula is C24H18N2O4. The minimum atomic E-state index is -1.11. The number of fused-ring (bicyclic) bond motifs is 1. The van der Waals surface area contributed by atoms with Crippen LogP contribution in [0.1, 0.15) is 44.2 Å². The minimum absolute atomic E-state index is 0.298. The number of carbonyl (C=O) groups excluding carboxylic acids is 3. The predicted octanol–water partition coefficient (Wildman–Crippen LogP) is 3.24. The second kappa shape index (κ2) is 7.24. The summed E-state index contributed by atoms with van der Waals surface area (Å²) in [6, 6.07) is 24.0. The lowest BCUT2D eigenvalue weighted by Crippen LogP contribution is -2.57. The number of ether oxygens (including phenoxy) is 1. The first-order chi connectivity index (χ1) is 14.6. The van der Waals surface area contributed by atoms with E-state index in [1.165, 1.54) is 0 Å². The van der Waals surface area contributed by atoms with E-state index in [0.29, 0.717) is 11.1 Å². The van der Waals surface area contributed by atoms with Crippen molar-refractivity contribution in [2.45, 2.75) is 18.4 Å². The lowest BCUT2D eigenvalue weighted by atomic mass is 9.97. The highest BCUT2D eigenvalue weighted by atomic mass is 16.5. The highest BCUT2D eigenvalue weighted by Crippen LogP contribution is 2.37. The van der Waals surface area contributed by atoms with E-state index in [1.807, 2.05) is 60.7 Å². The maximum absolute atomic E-state index is 13.3. The third-order valence-corrected chi connectivity index (χ3v) is 5.45. The number of benzene rings is 3. The Morgan fingerprint density at radius 1 is 0.667 bits per heavy atom. The van der Waals surface area contributed by atoms with Gasteiger partial charge < -0.3 is 10.1 Å². The standard InChI is InChI=1S/C24H18N2O4/c27-21-19(26-23(28)17-13-7-8-14-18(17)24(26)29)20(15-9-3-1-4-10-15)30-22(25-21)16-11-5-2-6-12-16/h1-14,19-20,22H,(H,25,27)/t19-,20+,22+/m1/s1. The third-order valence-electron chi connectivity index (χ3n) is 5.45. The van der Waals surface area contributed by atoms with Gasteiger partial charge in [-0.2, -0.15) is 0 Å². The van der Waals surface area contributed by atoms with Gasteiger partial charge in [-0.25, -0.2) is 0 Å². The van der Waals surface area contributed by atoms with Gasteiger partial charge in [0.15, 0.2) is 6.23 Å². The van der Waals surface area contributed by atoms with Crippen LogP contribution < -0.4 is 5.32 Å². The summed E-state index contributed by atoms with van der Waals surface area (Å²) in [7, 11) is 0. The zero-order valence-corrected chi connectivity index (χ0v) is 15.9. The zero-order chi connectivity index (χ0) is 20.7. The van der Waals surface area contributed by atoms with Crippen LogP contribution in [0.5, 0.6) is 0 Å². The van der Waals surface area contributed by atoms with Crippen molar-refractivity contribution in [3.8, 4) is 0 Å².